The van der Waals surface area contributed by atoms with Gasteiger partial charge in [0.15, 0.2) is 4.80 Å². The summed E-state index contributed by atoms with van der Waals surface area (Å²) in [6, 6.07) is 24.8. The standard InChI is InChI=1S/C34H25ClI2N2O4S/c1-3-42-33(41)29-19(2)38-34-39(30(29)25-10-6-8-22-7-4-5-9-24(22)25)32(40)28(44-34)17-21-15-26(36)31(27(37)16-21)43-18-20-11-13-23(35)14-12-20/h4-17,30H,3,18H2,1-2H3/b28-17+/t30-/m0/s1. The second kappa shape index (κ2) is 13.2. The predicted molar refractivity (Wildman–Crippen MR) is 192 cm³/mol. The number of ether oxygens (including phenoxy) is 2. The van der Waals surface area contributed by atoms with Crippen LogP contribution in [0, 0.1) is 7.14 Å². The monoisotopic (exact) mass is 846 g/mol. The highest BCUT2D eigenvalue weighted by Crippen LogP contribution is 2.35. The van der Waals surface area contributed by atoms with Gasteiger partial charge in [0.05, 0.1) is 35.6 Å². The van der Waals surface area contributed by atoms with E-state index >= 15 is 0 Å². The summed E-state index contributed by atoms with van der Waals surface area (Å²) in [5.74, 6) is 0.310. The van der Waals surface area contributed by atoms with Crippen molar-refractivity contribution in [3.63, 3.8) is 0 Å². The highest BCUT2D eigenvalue weighted by Gasteiger charge is 2.34. The van der Waals surface area contributed by atoms with Crippen LogP contribution >= 0.6 is 68.1 Å². The zero-order valence-corrected chi connectivity index (χ0v) is 29.5. The van der Waals surface area contributed by atoms with Crippen molar-refractivity contribution in [2.45, 2.75) is 26.5 Å². The molecule has 10 heteroatoms. The first-order valence-electron chi connectivity index (χ1n) is 13.8. The van der Waals surface area contributed by atoms with Gasteiger partial charge in [0.1, 0.15) is 12.4 Å². The van der Waals surface area contributed by atoms with Crippen LogP contribution in [0.3, 0.4) is 0 Å². The molecule has 0 amide bonds. The SMILES string of the molecule is CCOC(=O)C1=C(C)N=c2s/c(=C/c3cc(I)c(OCc4ccc(Cl)cc4)c(I)c3)c(=O)n2[C@H]1c1cccc2ccccc12. The molecule has 0 fully saturated rings. The summed E-state index contributed by atoms with van der Waals surface area (Å²) in [5.41, 5.74) is 3.43. The van der Waals surface area contributed by atoms with E-state index in [1.165, 1.54) is 11.3 Å². The smallest absolute Gasteiger partial charge is 0.338 e. The van der Waals surface area contributed by atoms with Gasteiger partial charge in [-0.1, -0.05) is 77.5 Å². The topological polar surface area (TPSA) is 69.9 Å². The van der Waals surface area contributed by atoms with Crippen LogP contribution in [0.1, 0.15) is 36.6 Å². The highest BCUT2D eigenvalue weighted by molar-refractivity contribution is 14.1. The number of carbonyl (C=O) groups is 1. The maximum absolute atomic E-state index is 14.2. The van der Waals surface area contributed by atoms with E-state index in [1.807, 2.05) is 84.9 Å². The molecule has 4 aromatic carbocycles. The van der Waals surface area contributed by atoms with Crippen molar-refractivity contribution in [1.82, 2.24) is 4.57 Å². The molecular weight excluding hydrogens is 822 g/mol. The quantitative estimate of drug-likeness (QED) is 0.127. The lowest BCUT2D eigenvalue weighted by atomic mass is 9.91. The maximum atomic E-state index is 14.2. The highest BCUT2D eigenvalue weighted by atomic mass is 127. The van der Waals surface area contributed by atoms with Gasteiger partial charge in [-0.05, 0) is 117 Å². The molecule has 0 saturated carbocycles. The van der Waals surface area contributed by atoms with Crippen molar-refractivity contribution in [3.05, 3.63) is 139 Å². The molecule has 1 aliphatic rings. The average molecular weight is 847 g/mol. The lowest BCUT2D eigenvalue weighted by molar-refractivity contribution is -0.139. The van der Waals surface area contributed by atoms with Crippen LogP contribution in [0.5, 0.6) is 5.75 Å². The maximum Gasteiger partial charge on any atom is 0.338 e. The Bertz CT molecular complexity index is 2110. The number of hydrogen-bond acceptors (Lipinski definition) is 6. The van der Waals surface area contributed by atoms with E-state index in [4.69, 9.17) is 26.1 Å². The minimum Gasteiger partial charge on any atom is -0.487 e. The van der Waals surface area contributed by atoms with Gasteiger partial charge in [-0.15, -0.1) is 0 Å². The Kier molecular flexibility index (Phi) is 9.27. The number of hydrogen-bond donors (Lipinski definition) is 0. The average Bonchev–Trinajstić information content (AvgIpc) is 3.30. The molecule has 1 atom stereocenters. The van der Waals surface area contributed by atoms with E-state index in [1.54, 1.807) is 18.4 Å². The Morgan fingerprint density at radius 2 is 1.75 bits per heavy atom. The zero-order chi connectivity index (χ0) is 31.0. The van der Waals surface area contributed by atoms with E-state index in [9.17, 15) is 9.59 Å². The number of thiazole rings is 1. The normalized spacial score (nSPS) is 14.8. The predicted octanol–water partition coefficient (Wildman–Crippen LogP) is 7.39. The molecule has 2 heterocycles. The van der Waals surface area contributed by atoms with Crippen LogP contribution in [-0.2, 0) is 16.1 Å². The van der Waals surface area contributed by atoms with Gasteiger partial charge in [0.2, 0.25) is 0 Å². The molecule has 5 aromatic rings. The largest absolute Gasteiger partial charge is 0.487 e. The molecule has 44 heavy (non-hydrogen) atoms. The van der Waals surface area contributed by atoms with Crippen LogP contribution in [0.4, 0.5) is 0 Å². The number of rotatable bonds is 7. The molecule has 222 valence electrons. The molecule has 0 aliphatic carbocycles. The van der Waals surface area contributed by atoms with Crippen LogP contribution in [0.15, 0.2) is 99.9 Å². The number of halogens is 3. The number of fused-ring (bicyclic) bond motifs is 2. The third-order valence-electron chi connectivity index (χ3n) is 7.25. The molecule has 6 nitrogen and oxygen atoms in total. The van der Waals surface area contributed by atoms with Gasteiger partial charge in [-0.2, -0.15) is 0 Å². The Morgan fingerprint density at radius 1 is 1.05 bits per heavy atom. The Labute approximate surface area is 290 Å². The van der Waals surface area contributed by atoms with Crippen LogP contribution in [0.25, 0.3) is 16.8 Å². The Balaban J connectivity index is 1.44. The minimum atomic E-state index is -0.678. The number of benzene rings is 4. The second-order valence-electron chi connectivity index (χ2n) is 10.1. The van der Waals surface area contributed by atoms with Crippen molar-refractivity contribution in [3.8, 4) is 5.75 Å². The lowest BCUT2D eigenvalue weighted by Gasteiger charge is -2.25. The van der Waals surface area contributed by atoms with Gasteiger partial charge >= 0.3 is 5.97 Å². The van der Waals surface area contributed by atoms with E-state index in [0.717, 1.165) is 40.4 Å². The summed E-state index contributed by atoms with van der Waals surface area (Å²) in [4.78, 5) is 32.8. The molecule has 0 radical (unpaired) electrons. The van der Waals surface area contributed by atoms with E-state index in [0.29, 0.717) is 32.2 Å². The van der Waals surface area contributed by atoms with E-state index in [-0.39, 0.29) is 12.2 Å². The molecule has 1 aromatic heterocycles. The van der Waals surface area contributed by atoms with Gasteiger partial charge in [0.25, 0.3) is 5.56 Å². The fraction of sp³-hybridized carbons (Fsp3) is 0.147. The fourth-order valence-electron chi connectivity index (χ4n) is 5.26. The summed E-state index contributed by atoms with van der Waals surface area (Å²) in [5, 5.41) is 2.67. The molecule has 0 unspecified atom stereocenters. The summed E-state index contributed by atoms with van der Waals surface area (Å²) < 4.78 is 15.6. The number of esters is 1. The first-order valence-corrected chi connectivity index (χ1v) is 17.1. The number of allylic oxidation sites excluding steroid dienone is 1. The molecule has 0 spiro atoms. The van der Waals surface area contributed by atoms with Gasteiger partial charge < -0.3 is 9.47 Å². The summed E-state index contributed by atoms with van der Waals surface area (Å²) in [6.45, 7) is 4.21. The summed E-state index contributed by atoms with van der Waals surface area (Å²) >= 11 is 11.8. The third kappa shape index (κ3) is 6.11. The first kappa shape index (κ1) is 31.0. The molecule has 0 N–H and O–H groups in total. The van der Waals surface area contributed by atoms with Crippen molar-refractivity contribution >= 4 is 90.9 Å². The van der Waals surface area contributed by atoms with Gasteiger partial charge in [-0.3, -0.25) is 9.36 Å². The van der Waals surface area contributed by atoms with E-state index < -0.39 is 12.0 Å². The number of carbonyl (C=O) groups excluding carboxylic acids is 1. The first-order chi connectivity index (χ1) is 21.2. The Hall–Kier alpha value is -3.00. The van der Waals surface area contributed by atoms with Crippen LogP contribution in [-0.4, -0.2) is 17.1 Å². The Morgan fingerprint density at radius 3 is 2.48 bits per heavy atom. The van der Waals surface area contributed by atoms with Crippen molar-refractivity contribution < 1.29 is 14.3 Å². The summed E-state index contributed by atoms with van der Waals surface area (Å²) in [7, 11) is 0. The molecule has 0 bridgehead atoms. The minimum absolute atomic E-state index is 0.214. The lowest BCUT2D eigenvalue weighted by Crippen LogP contribution is -2.40. The van der Waals surface area contributed by atoms with Crippen LogP contribution in [0.2, 0.25) is 5.02 Å². The fourth-order valence-corrected chi connectivity index (χ4v) is 8.56. The van der Waals surface area contributed by atoms with Crippen molar-refractivity contribution in [1.29, 1.82) is 0 Å². The van der Waals surface area contributed by atoms with Crippen molar-refractivity contribution in [2.24, 2.45) is 4.99 Å². The van der Waals surface area contributed by atoms with Crippen LogP contribution < -0.4 is 19.6 Å². The molecule has 6 rings (SSSR count). The third-order valence-corrected chi connectivity index (χ3v) is 10.1. The second-order valence-corrected chi connectivity index (χ2v) is 13.9. The van der Waals surface area contributed by atoms with Crippen molar-refractivity contribution in [2.75, 3.05) is 6.61 Å². The van der Waals surface area contributed by atoms with Gasteiger partial charge in [-0.25, -0.2) is 9.79 Å². The van der Waals surface area contributed by atoms with Gasteiger partial charge in [0, 0.05) is 5.02 Å². The zero-order valence-electron chi connectivity index (χ0n) is 23.6. The number of aromatic nitrogens is 1. The molecule has 0 saturated heterocycles. The molecular formula is C34H25ClI2N2O4S. The van der Waals surface area contributed by atoms with E-state index in [2.05, 4.69) is 45.2 Å². The molecule has 1 aliphatic heterocycles. The number of nitrogens with zero attached hydrogens (tertiary/aromatic N) is 2. The summed E-state index contributed by atoms with van der Waals surface area (Å²) in [6.07, 6.45) is 1.88.